The predicted molar refractivity (Wildman–Crippen MR) is 73.9 cm³/mol. The van der Waals surface area contributed by atoms with Crippen molar-refractivity contribution in [1.29, 1.82) is 5.26 Å². The fourth-order valence-corrected chi connectivity index (χ4v) is 2.59. The lowest BCUT2D eigenvalue weighted by atomic mass is 10.0. The van der Waals surface area contributed by atoms with Crippen molar-refractivity contribution >= 4 is 15.9 Å². The van der Waals surface area contributed by atoms with Crippen LogP contribution in [0.4, 0.5) is 4.39 Å². The first-order chi connectivity index (χ1) is 9.53. The fourth-order valence-electron chi connectivity index (χ4n) is 2.16. The van der Waals surface area contributed by atoms with E-state index in [1.165, 1.54) is 18.2 Å². The van der Waals surface area contributed by atoms with Crippen LogP contribution in [0.1, 0.15) is 18.1 Å². The Balaban J connectivity index is 2.05. The van der Waals surface area contributed by atoms with Crippen molar-refractivity contribution in [2.45, 2.75) is 12.7 Å². The molecule has 1 heterocycles. The molecule has 0 saturated heterocycles. The molecule has 20 heavy (non-hydrogen) atoms. The van der Waals surface area contributed by atoms with Gasteiger partial charge < -0.3 is 9.47 Å². The van der Waals surface area contributed by atoms with Crippen LogP contribution in [0, 0.1) is 17.1 Å². The number of ether oxygens (including phenoxy) is 2. The summed E-state index contributed by atoms with van der Waals surface area (Å²) >= 11 is 3.37. The summed E-state index contributed by atoms with van der Waals surface area (Å²) in [7, 11) is 0. The number of hydrogen-bond donors (Lipinski definition) is 0. The zero-order valence-corrected chi connectivity index (χ0v) is 12.1. The molecule has 0 amide bonds. The molecule has 3 nitrogen and oxygen atoms in total. The summed E-state index contributed by atoms with van der Waals surface area (Å²) in [4.78, 5) is 0. The lowest BCUT2D eigenvalue weighted by Crippen LogP contribution is -2.32. The summed E-state index contributed by atoms with van der Waals surface area (Å²) in [5, 5.41) is 8.78. The molecule has 2 aromatic rings. The van der Waals surface area contributed by atoms with Crippen LogP contribution in [0.3, 0.4) is 0 Å². The van der Waals surface area contributed by atoms with E-state index in [1.807, 2.05) is 18.2 Å². The van der Waals surface area contributed by atoms with Crippen molar-refractivity contribution in [2.75, 3.05) is 0 Å². The molecule has 1 unspecified atom stereocenters. The zero-order valence-electron chi connectivity index (χ0n) is 10.5. The van der Waals surface area contributed by atoms with E-state index in [0.717, 1.165) is 4.47 Å². The number of nitriles is 1. The van der Waals surface area contributed by atoms with Gasteiger partial charge in [0.05, 0.1) is 21.7 Å². The van der Waals surface area contributed by atoms with Crippen LogP contribution in [-0.2, 0) is 5.79 Å². The molecule has 0 spiro atoms. The van der Waals surface area contributed by atoms with E-state index in [1.54, 1.807) is 13.0 Å². The first kappa shape index (κ1) is 12.9. The Bertz CT molecular complexity index is 741. The van der Waals surface area contributed by atoms with Crippen LogP contribution < -0.4 is 9.47 Å². The first-order valence-corrected chi connectivity index (χ1v) is 6.69. The van der Waals surface area contributed by atoms with Crippen molar-refractivity contribution < 1.29 is 13.9 Å². The van der Waals surface area contributed by atoms with E-state index < -0.39 is 11.6 Å². The molecule has 0 N–H and O–H groups in total. The zero-order chi connectivity index (χ0) is 14.3. The molecule has 0 aliphatic carbocycles. The highest BCUT2D eigenvalue weighted by Gasteiger charge is 2.41. The second kappa shape index (κ2) is 4.50. The van der Waals surface area contributed by atoms with Crippen LogP contribution in [0.5, 0.6) is 11.5 Å². The number of nitrogens with zero attached hydrogens (tertiary/aromatic N) is 1. The maximum absolute atomic E-state index is 14.1. The molecule has 1 aliphatic heterocycles. The number of rotatable bonds is 1. The monoisotopic (exact) mass is 333 g/mol. The van der Waals surface area contributed by atoms with Gasteiger partial charge in [0.1, 0.15) is 5.82 Å². The lowest BCUT2D eigenvalue weighted by molar-refractivity contribution is -0.0709. The van der Waals surface area contributed by atoms with Crippen LogP contribution in [-0.4, -0.2) is 0 Å². The topological polar surface area (TPSA) is 42.2 Å². The van der Waals surface area contributed by atoms with Gasteiger partial charge in [-0.25, -0.2) is 4.39 Å². The van der Waals surface area contributed by atoms with Gasteiger partial charge >= 0.3 is 0 Å². The van der Waals surface area contributed by atoms with E-state index in [2.05, 4.69) is 15.9 Å². The number of benzene rings is 2. The third-order valence-electron chi connectivity index (χ3n) is 3.12. The van der Waals surface area contributed by atoms with Crippen molar-refractivity contribution in [3.63, 3.8) is 0 Å². The Morgan fingerprint density at radius 1 is 1.25 bits per heavy atom. The van der Waals surface area contributed by atoms with Crippen LogP contribution >= 0.6 is 15.9 Å². The summed E-state index contributed by atoms with van der Waals surface area (Å²) in [6.45, 7) is 1.64. The van der Waals surface area contributed by atoms with Gasteiger partial charge in [-0.1, -0.05) is 6.07 Å². The molecule has 5 heteroatoms. The molecule has 0 bridgehead atoms. The minimum Gasteiger partial charge on any atom is -0.444 e. The average molecular weight is 334 g/mol. The Morgan fingerprint density at radius 3 is 2.70 bits per heavy atom. The second-order valence-corrected chi connectivity index (χ2v) is 5.38. The van der Waals surface area contributed by atoms with Crippen LogP contribution in [0.2, 0.25) is 0 Å². The van der Waals surface area contributed by atoms with Gasteiger partial charge in [0.15, 0.2) is 11.5 Å². The van der Waals surface area contributed by atoms with Crippen LogP contribution in [0.15, 0.2) is 40.9 Å². The molecule has 0 radical (unpaired) electrons. The molecular formula is C15H9BrFNO2. The predicted octanol–water partition coefficient (Wildman–Crippen LogP) is 4.10. The van der Waals surface area contributed by atoms with Crippen molar-refractivity contribution in [3.8, 4) is 17.6 Å². The molecule has 1 aliphatic rings. The average Bonchev–Trinajstić information content (AvgIpc) is 2.77. The highest BCUT2D eigenvalue weighted by Crippen LogP contribution is 2.48. The largest absolute Gasteiger partial charge is 0.444 e. The van der Waals surface area contributed by atoms with Crippen LogP contribution in [0.25, 0.3) is 0 Å². The molecular weight excluding hydrogens is 325 g/mol. The van der Waals surface area contributed by atoms with Gasteiger partial charge in [0.25, 0.3) is 5.79 Å². The molecule has 0 fully saturated rings. The minimum atomic E-state index is -1.25. The van der Waals surface area contributed by atoms with Crippen molar-refractivity contribution in [1.82, 2.24) is 0 Å². The van der Waals surface area contributed by atoms with Crippen molar-refractivity contribution in [3.05, 3.63) is 57.8 Å². The number of halogens is 2. The maximum Gasteiger partial charge on any atom is 0.278 e. The van der Waals surface area contributed by atoms with Gasteiger partial charge in [-0.3, -0.25) is 0 Å². The Morgan fingerprint density at radius 2 is 2.05 bits per heavy atom. The molecule has 0 saturated carbocycles. The van der Waals surface area contributed by atoms with Gasteiger partial charge in [-0.05, 0) is 46.3 Å². The third-order valence-corrected chi connectivity index (χ3v) is 3.74. The normalized spacial score (nSPS) is 19.7. The van der Waals surface area contributed by atoms with E-state index in [-0.39, 0.29) is 11.1 Å². The van der Waals surface area contributed by atoms with E-state index >= 15 is 0 Å². The highest BCUT2D eigenvalue weighted by atomic mass is 79.9. The Hall–Kier alpha value is -2.06. The molecule has 1 atom stereocenters. The third kappa shape index (κ3) is 1.93. The molecule has 3 rings (SSSR count). The van der Waals surface area contributed by atoms with Crippen molar-refractivity contribution in [2.24, 2.45) is 0 Å². The van der Waals surface area contributed by atoms with E-state index in [0.29, 0.717) is 11.5 Å². The number of fused-ring (bicyclic) bond motifs is 1. The SMILES string of the molecule is CC1(c2ccc(C#N)cc2F)Oc2cccc(Br)c2O1. The van der Waals surface area contributed by atoms with Gasteiger partial charge in [-0.2, -0.15) is 5.26 Å². The first-order valence-electron chi connectivity index (χ1n) is 5.90. The fraction of sp³-hybridized carbons (Fsp3) is 0.133. The number of para-hydroxylation sites is 1. The van der Waals surface area contributed by atoms with Gasteiger partial charge in [0.2, 0.25) is 0 Å². The molecule has 2 aromatic carbocycles. The summed E-state index contributed by atoms with van der Waals surface area (Å²) in [6.07, 6.45) is 0. The maximum atomic E-state index is 14.1. The quantitative estimate of drug-likeness (QED) is 0.788. The summed E-state index contributed by atoms with van der Waals surface area (Å²) < 4.78 is 26.4. The minimum absolute atomic E-state index is 0.250. The number of hydrogen-bond acceptors (Lipinski definition) is 3. The smallest absolute Gasteiger partial charge is 0.278 e. The van der Waals surface area contributed by atoms with Gasteiger partial charge in [0, 0.05) is 6.92 Å². The Labute approximate surface area is 123 Å². The summed E-state index contributed by atoms with van der Waals surface area (Å²) in [5.41, 5.74) is 0.506. The standard InChI is InChI=1S/C15H9BrFNO2/c1-15(10-6-5-9(8-18)7-12(10)17)19-13-4-2-3-11(16)14(13)20-15/h2-7H,1H3. The highest BCUT2D eigenvalue weighted by molar-refractivity contribution is 9.10. The lowest BCUT2D eigenvalue weighted by Gasteiger charge is -2.24. The van der Waals surface area contributed by atoms with E-state index in [9.17, 15) is 4.39 Å². The molecule has 100 valence electrons. The summed E-state index contributed by atoms with van der Waals surface area (Å²) in [6, 6.07) is 11.5. The molecule has 0 aromatic heterocycles. The van der Waals surface area contributed by atoms with Gasteiger partial charge in [-0.15, -0.1) is 0 Å². The summed E-state index contributed by atoms with van der Waals surface area (Å²) in [5.74, 6) is -0.690. The Kier molecular flexibility index (Phi) is 2.91. The van der Waals surface area contributed by atoms with E-state index in [4.69, 9.17) is 14.7 Å². The second-order valence-electron chi connectivity index (χ2n) is 4.52.